The molecule has 0 spiro atoms. The van der Waals surface area contributed by atoms with Gasteiger partial charge in [-0.1, -0.05) is 121 Å². The highest BCUT2D eigenvalue weighted by atomic mass is 32.2. The molecule has 4 nitrogen and oxygen atoms in total. The molecule has 0 bridgehead atoms. The molecule has 6 heteroatoms. The first-order valence-electron chi connectivity index (χ1n) is 13.3. The molecule has 1 atom stereocenters. The summed E-state index contributed by atoms with van der Waals surface area (Å²) in [5, 5.41) is 15.5. The minimum Gasteiger partial charge on any atom is -0.507 e. The minimum absolute atomic E-state index is 0.126. The van der Waals surface area contributed by atoms with Crippen LogP contribution in [-0.2, 0) is 9.22 Å². The van der Waals surface area contributed by atoms with E-state index >= 15 is 0 Å². The number of carbonyl (C=O) groups excluding carboxylic acids is 1. The fourth-order valence-electron chi connectivity index (χ4n) is 4.98. The molecule has 5 rings (SSSR count). The van der Waals surface area contributed by atoms with Crippen molar-refractivity contribution in [2.24, 2.45) is 4.99 Å². The van der Waals surface area contributed by atoms with E-state index in [2.05, 4.69) is 0 Å². The predicted molar refractivity (Wildman–Crippen MR) is 170 cm³/mol. The van der Waals surface area contributed by atoms with Crippen LogP contribution in [0.15, 0.2) is 132 Å². The monoisotopic (exact) mass is 561 g/mol. The Morgan fingerprint density at radius 3 is 1.88 bits per heavy atom. The Labute approximate surface area is 240 Å². The first-order chi connectivity index (χ1) is 19.6. The number of phenolic OH excluding ortho intramolecular Hbond substituents is 1. The second-order valence-corrected chi connectivity index (χ2v) is 13.8. The number of aliphatic imine (C=N–C) groups is 1. The highest BCUT2D eigenvalue weighted by molar-refractivity contribution is 7.98. The quantitative estimate of drug-likeness (QED) is 0.143. The summed E-state index contributed by atoms with van der Waals surface area (Å²) >= 11 is 1.66. The van der Waals surface area contributed by atoms with Crippen molar-refractivity contribution in [3.05, 3.63) is 133 Å². The highest BCUT2D eigenvalue weighted by Gasteiger charge is 2.46. The minimum atomic E-state index is -3.23. The molecule has 200 valence electrons. The van der Waals surface area contributed by atoms with Crippen molar-refractivity contribution in [3.63, 3.8) is 0 Å². The molecule has 0 aliphatic rings. The fourth-order valence-corrected chi connectivity index (χ4v) is 9.22. The zero-order chi connectivity index (χ0) is 27.8. The summed E-state index contributed by atoms with van der Waals surface area (Å²) in [6.07, 6.45) is 4.16. The summed E-state index contributed by atoms with van der Waals surface area (Å²) in [6, 6.07) is 40.8. The molecular weight excluding hydrogens is 531 g/mol. The van der Waals surface area contributed by atoms with Crippen molar-refractivity contribution < 1.29 is 14.3 Å². The number of hydrogen-bond acceptors (Lipinski definition) is 5. The van der Waals surface area contributed by atoms with Crippen LogP contribution in [0.4, 0.5) is 0 Å². The molecule has 5 aromatic rings. The summed E-state index contributed by atoms with van der Waals surface area (Å²) in [5.41, 5.74) is 0.595. The van der Waals surface area contributed by atoms with E-state index in [9.17, 15) is 9.90 Å². The highest BCUT2D eigenvalue weighted by Crippen LogP contribution is 2.26. The number of hydrogen-bond donors (Lipinski definition) is 1. The van der Waals surface area contributed by atoms with Crippen molar-refractivity contribution in [2.45, 2.75) is 12.5 Å². The molecule has 0 aliphatic heterocycles. The van der Waals surface area contributed by atoms with Crippen molar-refractivity contribution in [3.8, 4) is 5.75 Å². The largest absolute Gasteiger partial charge is 0.507 e. The number of benzene rings is 5. The van der Waals surface area contributed by atoms with Gasteiger partial charge in [-0.25, -0.2) is 0 Å². The molecule has 0 fully saturated rings. The Bertz CT molecular complexity index is 1500. The van der Waals surface area contributed by atoms with Crippen molar-refractivity contribution in [2.75, 3.05) is 12.0 Å². The fraction of sp³-hybridized carbons (Fsp3) is 0.118. The van der Waals surface area contributed by atoms with E-state index < -0.39 is 14.4 Å². The van der Waals surface area contributed by atoms with Crippen LogP contribution in [-0.4, -0.2) is 43.7 Å². The Morgan fingerprint density at radius 1 is 0.800 bits per heavy atom. The lowest BCUT2D eigenvalue weighted by Gasteiger charge is -2.33. The Hall–Kier alpha value is -4.13. The van der Waals surface area contributed by atoms with E-state index in [1.807, 2.05) is 128 Å². The molecule has 0 heterocycles. The molecule has 0 aliphatic carbocycles. The average Bonchev–Trinajstić information content (AvgIpc) is 3.02. The van der Waals surface area contributed by atoms with Gasteiger partial charge in [-0.2, -0.15) is 11.8 Å². The van der Waals surface area contributed by atoms with Crippen molar-refractivity contribution >= 4 is 58.6 Å². The second-order valence-electron chi connectivity index (χ2n) is 9.50. The number of thioether (sulfide) groups is 1. The van der Waals surface area contributed by atoms with Crippen LogP contribution < -0.4 is 15.6 Å². The van der Waals surface area contributed by atoms with E-state index in [-0.39, 0.29) is 11.7 Å². The number of rotatable bonds is 10. The van der Waals surface area contributed by atoms with Crippen LogP contribution in [0.3, 0.4) is 0 Å². The van der Waals surface area contributed by atoms with Gasteiger partial charge in [0.05, 0.1) is 0 Å². The standard InChI is InChI=1S/C34H31NO3SSi/c1-39-24-23-32(35-25-31-30-20-12-11-13-26(30)21-22-33(31)36)34(37)38-40(27-14-5-2-6-15-27,28-16-7-3-8-17-28)29-18-9-4-10-19-29/h2-22,25,32,36H,23-24H2,1H3/t32-/m0/s1. The van der Waals surface area contributed by atoms with Gasteiger partial charge in [-0.05, 0) is 50.8 Å². The smallest absolute Gasteiger partial charge is 0.350 e. The zero-order valence-electron chi connectivity index (χ0n) is 22.3. The number of aromatic hydroxyl groups is 1. The van der Waals surface area contributed by atoms with Crippen LogP contribution in [0, 0.1) is 0 Å². The zero-order valence-corrected chi connectivity index (χ0v) is 24.1. The molecule has 0 saturated heterocycles. The third-order valence-electron chi connectivity index (χ3n) is 6.99. The van der Waals surface area contributed by atoms with E-state index in [1.165, 1.54) is 0 Å². The Balaban J connectivity index is 1.60. The van der Waals surface area contributed by atoms with Gasteiger partial charge in [0, 0.05) is 11.8 Å². The lowest BCUT2D eigenvalue weighted by atomic mass is 10.0. The molecular formula is C34H31NO3SSi. The first kappa shape index (κ1) is 27.4. The summed E-state index contributed by atoms with van der Waals surface area (Å²) in [6.45, 7) is 0. The van der Waals surface area contributed by atoms with Gasteiger partial charge in [0.1, 0.15) is 11.8 Å². The van der Waals surface area contributed by atoms with Gasteiger partial charge in [-0.3, -0.25) is 9.79 Å². The maximum atomic E-state index is 14.2. The number of carbonyl (C=O) groups is 1. The molecule has 0 amide bonds. The average molecular weight is 562 g/mol. The maximum absolute atomic E-state index is 14.2. The van der Waals surface area contributed by atoms with E-state index in [4.69, 9.17) is 9.42 Å². The molecule has 0 aromatic heterocycles. The number of nitrogens with zero attached hydrogens (tertiary/aromatic N) is 1. The van der Waals surface area contributed by atoms with Crippen LogP contribution in [0.2, 0.25) is 0 Å². The lowest BCUT2D eigenvalue weighted by Crippen LogP contribution is -2.70. The third-order valence-corrected chi connectivity index (χ3v) is 11.6. The lowest BCUT2D eigenvalue weighted by molar-refractivity contribution is -0.136. The van der Waals surface area contributed by atoms with E-state index in [0.29, 0.717) is 12.0 Å². The maximum Gasteiger partial charge on any atom is 0.350 e. The third kappa shape index (κ3) is 5.74. The number of fused-ring (bicyclic) bond motifs is 1. The van der Waals surface area contributed by atoms with Crippen LogP contribution in [0.5, 0.6) is 5.75 Å². The SMILES string of the molecule is CSCC[C@H](N=Cc1c(O)ccc2ccccc12)C(=O)O[Si](c1ccccc1)(c1ccccc1)c1ccccc1. The van der Waals surface area contributed by atoms with E-state index in [0.717, 1.165) is 32.1 Å². The van der Waals surface area contributed by atoms with Crippen LogP contribution in [0.25, 0.3) is 10.8 Å². The topological polar surface area (TPSA) is 58.9 Å². The van der Waals surface area contributed by atoms with Gasteiger partial charge in [0.25, 0.3) is 0 Å². The summed E-state index contributed by atoms with van der Waals surface area (Å²) in [5.74, 6) is 0.504. The predicted octanol–water partition coefficient (Wildman–Crippen LogP) is 5.30. The molecule has 40 heavy (non-hydrogen) atoms. The second kappa shape index (κ2) is 12.8. The Kier molecular flexibility index (Phi) is 8.79. The molecule has 1 N–H and O–H groups in total. The first-order valence-corrected chi connectivity index (χ1v) is 16.6. The van der Waals surface area contributed by atoms with Gasteiger partial charge >= 0.3 is 14.3 Å². The van der Waals surface area contributed by atoms with E-state index in [1.54, 1.807) is 24.0 Å². The van der Waals surface area contributed by atoms with Crippen LogP contribution in [0.1, 0.15) is 12.0 Å². The normalized spacial score (nSPS) is 12.4. The molecule has 0 radical (unpaired) electrons. The van der Waals surface area contributed by atoms with Gasteiger partial charge in [0.2, 0.25) is 0 Å². The Morgan fingerprint density at radius 2 is 1.32 bits per heavy atom. The van der Waals surface area contributed by atoms with Gasteiger partial charge in [0.15, 0.2) is 0 Å². The number of phenols is 1. The molecule has 0 unspecified atom stereocenters. The summed E-state index contributed by atoms with van der Waals surface area (Å²) in [4.78, 5) is 18.9. The summed E-state index contributed by atoms with van der Waals surface area (Å²) in [7, 11) is -3.23. The van der Waals surface area contributed by atoms with Gasteiger partial charge < -0.3 is 9.53 Å². The summed E-state index contributed by atoms with van der Waals surface area (Å²) < 4.78 is 6.78. The van der Waals surface area contributed by atoms with Crippen molar-refractivity contribution in [1.82, 2.24) is 0 Å². The van der Waals surface area contributed by atoms with Gasteiger partial charge in [-0.15, -0.1) is 0 Å². The molecule has 0 saturated carbocycles. The van der Waals surface area contributed by atoms with Crippen molar-refractivity contribution in [1.29, 1.82) is 0 Å². The van der Waals surface area contributed by atoms with Crippen LogP contribution >= 0.6 is 11.8 Å². The molecule has 5 aromatic carbocycles.